The highest BCUT2D eigenvalue weighted by atomic mass is 32.2. The van der Waals surface area contributed by atoms with Gasteiger partial charge in [-0.2, -0.15) is 0 Å². The highest BCUT2D eigenvalue weighted by Gasteiger charge is 2.15. The Labute approximate surface area is 156 Å². The van der Waals surface area contributed by atoms with Crippen LogP contribution in [0, 0.1) is 5.82 Å². The van der Waals surface area contributed by atoms with Crippen LogP contribution in [0.1, 0.15) is 23.7 Å². The summed E-state index contributed by atoms with van der Waals surface area (Å²) in [5, 5.41) is 2.58. The van der Waals surface area contributed by atoms with E-state index >= 15 is 0 Å². The molecule has 0 atom stereocenters. The molecule has 0 fully saturated rings. The third kappa shape index (κ3) is 6.07. The maximum atomic E-state index is 12.9. The van der Waals surface area contributed by atoms with Gasteiger partial charge >= 0.3 is 5.97 Å². The van der Waals surface area contributed by atoms with Crippen molar-refractivity contribution in [2.24, 2.45) is 0 Å². The first-order chi connectivity index (χ1) is 12.8. The average Bonchev–Trinajstić information content (AvgIpc) is 2.65. The van der Waals surface area contributed by atoms with Gasteiger partial charge in [0.05, 0.1) is 10.5 Å². The van der Waals surface area contributed by atoms with Crippen LogP contribution >= 0.6 is 0 Å². The van der Waals surface area contributed by atoms with E-state index in [9.17, 15) is 22.4 Å². The molecule has 0 saturated heterocycles. The van der Waals surface area contributed by atoms with Crippen LogP contribution in [0.15, 0.2) is 53.4 Å². The fourth-order valence-corrected chi connectivity index (χ4v) is 3.09. The van der Waals surface area contributed by atoms with Gasteiger partial charge < -0.3 is 10.1 Å². The van der Waals surface area contributed by atoms with Crippen molar-refractivity contribution in [1.82, 2.24) is 5.32 Å². The molecule has 0 aliphatic heterocycles. The molecule has 0 radical (unpaired) electrons. The fourth-order valence-electron chi connectivity index (χ4n) is 2.03. The number of halogens is 1. The molecule has 0 bridgehead atoms. The minimum absolute atomic E-state index is 0.0922. The van der Waals surface area contributed by atoms with Gasteiger partial charge in [0.15, 0.2) is 6.61 Å². The number of amides is 1. The number of benzene rings is 2. The Balaban J connectivity index is 1.97. The van der Waals surface area contributed by atoms with Crippen LogP contribution in [0.25, 0.3) is 0 Å². The first kappa shape index (κ1) is 20.4. The Morgan fingerprint density at radius 1 is 1.04 bits per heavy atom. The van der Waals surface area contributed by atoms with E-state index in [0.717, 1.165) is 30.7 Å². The molecule has 144 valence electrons. The lowest BCUT2D eigenvalue weighted by Gasteiger charge is -2.09. The smallest absolute Gasteiger partial charge is 0.338 e. The summed E-state index contributed by atoms with van der Waals surface area (Å²) in [4.78, 5) is 23.2. The minimum Gasteiger partial charge on any atom is -0.452 e. The zero-order valence-electron chi connectivity index (χ0n) is 14.6. The Bertz CT molecular complexity index is 896. The van der Waals surface area contributed by atoms with Crippen LogP contribution in [0.2, 0.25) is 0 Å². The van der Waals surface area contributed by atoms with E-state index in [0.29, 0.717) is 6.54 Å². The highest BCUT2D eigenvalue weighted by Crippen LogP contribution is 2.17. The monoisotopic (exact) mass is 394 g/mol. The second-order valence-electron chi connectivity index (χ2n) is 5.56. The van der Waals surface area contributed by atoms with Gasteiger partial charge in [-0.1, -0.05) is 6.92 Å². The van der Waals surface area contributed by atoms with Gasteiger partial charge in [-0.05, 0) is 55.0 Å². The molecule has 7 nitrogen and oxygen atoms in total. The molecule has 2 aromatic rings. The molecular weight excluding hydrogens is 375 g/mol. The third-order valence-electron chi connectivity index (χ3n) is 3.40. The summed E-state index contributed by atoms with van der Waals surface area (Å²) in [7, 11) is -3.88. The number of esters is 1. The van der Waals surface area contributed by atoms with E-state index in [-0.39, 0.29) is 16.1 Å². The van der Waals surface area contributed by atoms with Crippen molar-refractivity contribution in [3.63, 3.8) is 0 Å². The molecule has 9 heteroatoms. The summed E-state index contributed by atoms with van der Waals surface area (Å²) in [6.45, 7) is 2.01. The number of hydrogen-bond donors (Lipinski definition) is 2. The van der Waals surface area contributed by atoms with Crippen molar-refractivity contribution < 1.29 is 27.1 Å². The van der Waals surface area contributed by atoms with Crippen molar-refractivity contribution in [3.8, 4) is 0 Å². The molecule has 0 saturated carbocycles. The Morgan fingerprint density at radius 3 is 2.26 bits per heavy atom. The van der Waals surface area contributed by atoms with E-state index in [1.54, 1.807) is 0 Å². The van der Waals surface area contributed by atoms with E-state index in [4.69, 9.17) is 4.74 Å². The number of hydrogen-bond acceptors (Lipinski definition) is 5. The van der Waals surface area contributed by atoms with E-state index < -0.39 is 34.3 Å². The summed E-state index contributed by atoms with van der Waals surface area (Å²) in [5.74, 6) is -1.64. The Kier molecular flexibility index (Phi) is 6.89. The molecule has 2 N–H and O–H groups in total. The van der Waals surface area contributed by atoms with Gasteiger partial charge in [-0.15, -0.1) is 0 Å². The van der Waals surface area contributed by atoms with E-state index in [2.05, 4.69) is 10.0 Å². The van der Waals surface area contributed by atoms with Crippen LogP contribution in [0.4, 0.5) is 10.1 Å². The SMILES string of the molecule is CCCNC(=O)COC(=O)c1ccc(NS(=O)(=O)c2ccc(F)cc2)cc1. The van der Waals surface area contributed by atoms with Crippen LogP contribution < -0.4 is 10.0 Å². The molecule has 0 heterocycles. The second kappa shape index (κ2) is 9.13. The molecule has 0 aliphatic rings. The number of carbonyl (C=O) groups is 2. The number of carbonyl (C=O) groups excluding carboxylic acids is 2. The lowest BCUT2D eigenvalue weighted by molar-refractivity contribution is -0.124. The lowest BCUT2D eigenvalue weighted by Crippen LogP contribution is -2.29. The largest absolute Gasteiger partial charge is 0.452 e. The topological polar surface area (TPSA) is 102 Å². The van der Waals surface area contributed by atoms with Crippen LogP contribution in [-0.4, -0.2) is 33.4 Å². The molecule has 0 unspecified atom stereocenters. The normalized spacial score (nSPS) is 10.9. The number of rotatable bonds is 8. The molecule has 0 spiro atoms. The maximum absolute atomic E-state index is 12.9. The zero-order valence-corrected chi connectivity index (χ0v) is 15.4. The number of nitrogens with one attached hydrogen (secondary N) is 2. The van der Waals surface area contributed by atoms with Gasteiger partial charge in [-0.3, -0.25) is 9.52 Å². The molecule has 2 aromatic carbocycles. The fraction of sp³-hybridized carbons (Fsp3) is 0.222. The van der Waals surface area contributed by atoms with E-state index in [1.165, 1.54) is 24.3 Å². The zero-order chi connectivity index (χ0) is 19.9. The molecular formula is C18H19FN2O5S. The van der Waals surface area contributed by atoms with Crippen LogP contribution in [0.3, 0.4) is 0 Å². The third-order valence-corrected chi connectivity index (χ3v) is 4.80. The average molecular weight is 394 g/mol. The number of sulfonamides is 1. The van der Waals surface area contributed by atoms with Crippen molar-refractivity contribution in [1.29, 1.82) is 0 Å². The molecule has 27 heavy (non-hydrogen) atoms. The summed E-state index contributed by atoms with van der Waals surface area (Å²) >= 11 is 0. The van der Waals surface area contributed by atoms with E-state index in [1.807, 2.05) is 6.92 Å². The van der Waals surface area contributed by atoms with Crippen LogP contribution in [-0.2, 0) is 19.6 Å². The number of ether oxygens (including phenoxy) is 1. The predicted octanol–water partition coefficient (Wildman–Crippen LogP) is 2.31. The minimum atomic E-state index is -3.88. The van der Waals surface area contributed by atoms with Crippen LogP contribution in [0.5, 0.6) is 0 Å². The summed E-state index contributed by atoms with van der Waals surface area (Å²) < 4.78 is 44.6. The molecule has 2 rings (SSSR count). The van der Waals surface area contributed by atoms with Crippen molar-refractivity contribution in [3.05, 3.63) is 59.9 Å². The summed E-state index contributed by atoms with van der Waals surface area (Å²) in [5.41, 5.74) is 0.389. The van der Waals surface area contributed by atoms with Gasteiger partial charge in [-0.25, -0.2) is 17.6 Å². The predicted molar refractivity (Wildman–Crippen MR) is 97.2 cm³/mol. The second-order valence-corrected chi connectivity index (χ2v) is 7.25. The lowest BCUT2D eigenvalue weighted by atomic mass is 10.2. The Morgan fingerprint density at radius 2 is 1.67 bits per heavy atom. The van der Waals surface area contributed by atoms with Crippen molar-refractivity contribution in [2.75, 3.05) is 17.9 Å². The van der Waals surface area contributed by atoms with Gasteiger partial charge in [0.25, 0.3) is 15.9 Å². The Hall–Kier alpha value is -2.94. The summed E-state index contributed by atoms with van der Waals surface area (Å²) in [6, 6.07) is 9.89. The molecule has 1 amide bonds. The van der Waals surface area contributed by atoms with Gasteiger partial charge in [0, 0.05) is 12.2 Å². The number of anilines is 1. The van der Waals surface area contributed by atoms with Gasteiger partial charge in [0.1, 0.15) is 5.82 Å². The standard InChI is InChI=1S/C18H19FN2O5S/c1-2-11-20-17(22)12-26-18(23)13-3-7-15(8-4-13)21-27(24,25)16-9-5-14(19)6-10-16/h3-10,21H,2,11-12H2,1H3,(H,20,22). The van der Waals surface area contributed by atoms with Gasteiger partial charge in [0.2, 0.25) is 0 Å². The van der Waals surface area contributed by atoms with Crippen molar-refractivity contribution >= 4 is 27.6 Å². The molecule has 0 aliphatic carbocycles. The highest BCUT2D eigenvalue weighted by molar-refractivity contribution is 7.92. The summed E-state index contributed by atoms with van der Waals surface area (Å²) in [6.07, 6.45) is 0.773. The first-order valence-corrected chi connectivity index (χ1v) is 9.62. The van der Waals surface area contributed by atoms with Crippen molar-refractivity contribution in [2.45, 2.75) is 18.2 Å². The molecule has 0 aromatic heterocycles. The first-order valence-electron chi connectivity index (χ1n) is 8.14. The maximum Gasteiger partial charge on any atom is 0.338 e. The quantitative estimate of drug-likeness (QED) is 0.669.